The molecule has 0 radical (unpaired) electrons. The summed E-state index contributed by atoms with van der Waals surface area (Å²) in [6.07, 6.45) is 1.66. The van der Waals surface area contributed by atoms with E-state index in [-0.39, 0.29) is 5.91 Å². The van der Waals surface area contributed by atoms with Crippen molar-refractivity contribution in [1.29, 1.82) is 0 Å². The van der Waals surface area contributed by atoms with Crippen molar-refractivity contribution in [2.75, 3.05) is 20.2 Å². The Hall–Kier alpha value is -2.66. The summed E-state index contributed by atoms with van der Waals surface area (Å²) in [5, 5.41) is 0.626. The van der Waals surface area contributed by atoms with Crippen LogP contribution in [0.1, 0.15) is 27.5 Å². The van der Waals surface area contributed by atoms with Crippen LogP contribution in [0.25, 0.3) is 0 Å². The van der Waals surface area contributed by atoms with Crippen LogP contribution in [0.3, 0.4) is 0 Å². The van der Waals surface area contributed by atoms with E-state index in [1.807, 2.05) is 44.2 Å². The number of aromatic nitrogens is 1. The molecule has 1 amide bonds. The molecule has 6 heteroatoms. The van der Waals surface area contributed by atoms with Gasteiger partial charge in [0.25, 0.3) is 5.91 Å². The Morgan fingerprint density at radius 2 is 2.04 bits per heavy atom. The number of hydrogen-bond donors (Lipinski definition) is 0. The third kappa shape index (κ3) is 4.55. The lowest BCUT2D eigenvalue weighted by molar-refractivity contribution is 0.0773. The van der Waals surface area contributed by atoms with Gasteiger partial charge in [0.2, 0.25) is 0 Å². The first-order chi connectivity index (χ1) is 13.0. The summed E-state index contributed by atoms with van der Waals surface area (Å²) in [7, 11) is 1.78. The highest BCUT2D eigenvalue weighted by Crippen LogP contribution is 2.19. The second-order valence-corrected chi connectivity index (χ2v) is 6.92. The lowest BCUT2D eigenvalue weighted by atomic mass is 10.2. The number of benzene rings is 1. The molecule has 0 spiro atoms. The number of carbonyl (C=O) groups is 1. The molecule has 3 aromatic rings. The molecule has 2 heterocycles. The quantitative estimate of drug-likeness (QED) is 0.598. The summed E-state index contributed by atoms with van der Waals surface area (Å²) in [6.45, 7) is 5.44. The monoisotopic (exact) mass is 386 g/mol. The minimum absolute atomic E-state index is 0.0245. The molecule has 142 valence electrons. The largest absolute Gasteiger partial charge is 0.492 e. The Balaban J connectivity index is 1.62. The predicted octanol–water partition coefficient (Wildman–Crippen LogP) is 4.55. The maximum absolute atomic E-state index is 12.8. The number of nitrogens with zero attached hydrogens (tertiary/aromatic N) is 2. The van der Waals surface area contributed by atoms with Gasteiger partial charge in [-0.1, -0.05) is 17.7 Å². The van der Waals surface area contributed by atoms with E-state index in [9.17, 15) is 4.79 Å². The number of furan rings is 1. The molecule has 5 nitrogen and oxygen atoms in total. The zero-order valence-corrected chi connectivity index (χ0v) is 16.5. The summed E-state index contributed by atoms with van der Waals surface area (Å²) < 4.78 is 13.2. The van der Waals surface area contributed by atoms with Crippen LogP contribution in [-0.2, 0) is 6.54 Å². The third-order valence-corrected chi connectivity index (χ3v) is 4.77. The van der Waals surface area contributed by atoms with Crippen LogP contribution in [0, 0.1) is 13.8 Å². The molecule has 27 heavy (non-hydrogen) atoms. The van der Waals surface area contributed by atoms with Crippen LogP contribution in [0.2, 0.25) is 5.02 Å². The summed E-state index contributed by atoms with van der Waals surface area (Å²) in [5.41, 5.74) is 2.65. The number of ether oxygens (including phenoxy) is 1. The van der Waals surface area contributed by atoms with Gasteiger partial charge in [0.15, 0.2) is 0 Å². The van der Waals surface area contributed by atoms with Crippen molar-refractivity contribution in [3.05, 3.63) is 76.5 Å². The minimum atomic E-state index is -0.0245. The molecule has 0 aliphatic heterocycles. The number of halogens is 1. The van der Waals surface area contributed by atoms with E-state index >= 15 is 0 Å². The summed E-state index contributed by atoms with van der Waals surface area (Å²) >= 11 is 5.95. The molecular weight excluding hydrogens is 364 g/mol. The Morgan fingerprint density at radius 3 is 2.74 bits per heavy atom. The van der Waals surface area contributed by atoms with Gasteiger partial charge >= 0.3 is 0 Å². The van der Waals surface area contributed by atoms with Crippen molar-refractivity contribution in [1.82, 2.24) is 9.47 Å². The Bertz CT molecular complexity index is 916. The van der Waals surface area contributed by atoms with Crippen molar-refractivity contribution in [3.8, 4) is 5.75 Å². The zero-order valence-electron chi connectivity index (χ0n) is 15.7. The molecular formula is C21H23ClN2O3. The van der Waals surface area contributed by atoms with Crippen molar-refractivity contribution in [3.63, 3.8) is 0 Å². The first-order valence-corrected chi connectivity index (χ1v) is 9.16. The molecule has 0 N–H and O–H groups in total. The number of rotatable bonds is 7. The summed E-state index contributed by atoms with van der Waals surface area (Å²) in [4.78, 5) is 14.5. The molecule has 0 aliphatic carbocycles. The summed E-state index contributed by atoms with van der Waals surface area (Å²) in [6, 6.07) is 12.9. The molecule has 2 aromatic heterocycles. The van der Waals surface area contributed by atoms with Gasteiger partial charge in [0, 0.05) is 23.5 Å². The van der Waals surface area contributed by atoms with E-state index in [4.69, 9.17) is 20.8 Å². The molecule has 0 saturated carbocycles. The number of aryl methyl sites for hydroxylation is 1. The number of hydrogen-bond acceptors (Lipinski definition) is 3. The number of likely N-dealkylation sites (N-methyl/N-ethyl adjacent to an activating group) is 1. The van der Waals surface area contributed by atoms with E-state index in [1.165, 1.54) is 0 Å². The maximum atomic E-state index is 12.8. The van der Waals surface area contributed by atoms with Crippen molar-refractivity contribution in [2.45, 2.75) is 20.4 Å². The Morgan fingerprint density at radius 1 is 1.22 bits per heavy atom. The SMILES string of the molecule is Cc1cc(C(=O)N(C)CCOc2cccc(Cl)c2)c(C)n1Cc1ccco1. The van der Waals surface area contributed by atoms with Crippen LogP contribution < -0.4 is 4.74 Å². The normalized spacial score (nSPS) is 10.8. The smallest absolute Gasteiger partial charge is 0.255 e. The average Bonchev–Trinajstić information content (AvgIpc) is 3.25. The molecule has 0 saturated heterocycles. The van der Waals surface area contributed by atoms with Crippen LogP contribution in [0.4, 0.5) is 0 Å². The molecule has 0 atom stereocenters. The Labute approximate surface area is 164 Å². The van der Waals surface area contributed by atoms with Crippen molar-refractivity contribution < 1.29 is 13.9 Å². The standard InChI is InChI=1S/C21H23ClN2O3/c1-15-12-20(16(2)24(15)14-19-8-5-10-26-19)21(25)23(3)9-11-27-18-7-4-6-17(22)13-18/h4-8,10,12-13H,9,11,14H2,1-3H3. The van der Waals surface area contributed by atoms with Gasteiger partial charge in [-0.3, -0.25) is 4.79 Å². The maximum Gasteiger partial charge on any atom is 0.255 e. The highest BCUT2D eigenvalue weighted by atomic mass is 35.5. The topological polar surface area (TPSA) is 47.6 Å². The third-order valence-electron chi connectivity index (χ3n) is 4.54. The summed E-state index contributed by atoms with van der Waals surface area (Å²) in [5.74, 6) is 1.53. The van der Waals surface area contributed by atoms with Gasteiger partial charge in [0.1, 0.15) is 18.1 Å². The van der Waals surface area contributed by atoms with Gasteiger partial charge in [-0.05, 0) is 50.2 Å². The fourth-order valence-corrected chi connectivity index (χ4v) is 3.16. The second-order valence-electron chi connectivity index (χ2n) is 6.48. The fourth-order valence-electron chi connectivity index (χ4n) is 2.98. The Kier molecular flexibility index (Phi) is 5.91. The second kappa shape index (κ2) is 8.35. The molecule has 1 aromatic carbocycles. The lowest BCUT2D eigenvalue weighted by Gasteiger charge is -2.18. The lowest BCUT2D eigenvalue weighted by Crippen LogP contribution is -2.31. The van der Waals surface area contributed by atoms with Gasteiger partial charge in [-0.15, -0.1) is 0 Å². The molecule has 0 aliphatic rings. The number of carbonyl (C=O) groups excluding carboxylic acids is 1. The zero-order chi connectivity index (χ0) is 19.4. The van der Waals surface area contributed by atoms with Crippen molar-refractivity contribution in [2.24, 2.45) is 0 Å². The van der Waals surface area contributed by atoms with Crippen LogP contribution in [0.5, 0.6) is 5.75 Å². The highest BCUT2D eigenvalue weighted by molar-refractivity contribution is 6.30. The van der Waals surface area contributed by atoms with E-state index in [1.54, 1.807) is 30.3 Å². The first kappa shape index (κ1) is 19.1. The van der Waals surface area contributed by atoms with Gasteiger partial charge in [0.05, 0.1) is 24.9 Å². The van der Waals surface area contributed by atoms with E-state index in [0.717, 1.165) is 17.1 Å². The number of amides is 1. The molecule has 0 bridgehead atoms. The highest BCUT2D eigenvalue weighted by Gasteiger charge is 2.19. The van der Waals surface area contributed by atoms with Crippen LogP contribution in [0.15, 0.2) is 53.1 Å². The van der Waals surface area contributed by atoms with Crippen molar-refractivity contribution >= 4 is 17.5 Å². The molecule has 0 fully saturated rings. The first-order valence-electron chi connectivity index (χ1n) is 8.78. The minimum Gasteiger partial charge on any atom is -0.492 e. The van der Waals surface area contributed by atoms with E-state index in [0.29, 0.717) is 36.0 Å². The predicted molar refractivity (Wildman–Crippen MR) is 106 cm³/mol. The van der Waals surface area contributed by atoms with Crippen LogP contribution >= 0.6 is 11.6 Å². The molecule has 3 rings (SSSR count). The van der Waals surface area contributed by atoms with Gasteiger partial charge in [-0.2, -0.15) is 0 Å². The fraction of sp³-hybridized carbons (Fsp3) is 0.286. The van der Waals surface area contributed by atoms with E-state index < -0.39 is 0 Å². The van der Waals surface area contributed by atoms with Crippen LogP contribution in [-0.4, -0.2) is 35.6 Å². The average molecular weight is 387 g/mol. The van der Waals surface area contributed by atoms with Gasteiger partial charge < -0.3 is 18.6 Å². The molecule has 0 unspecified atom stereocenters. The van der Waals surface area contributed by atoms with Gasteiger partial charge in [-0.25, -0.2) is 0 Å². The van der Waals surface area contributed by atoms with E-state index in [2.05, 4.69) is 4.57 Å².